The van der Waals surface area contributed by atoms with Crippen molar-refractivity contribution in [2.75, 3.05) is 5.75 Å². The summed E-state index contributed by atoms with van der Waals surface area (Å²) in [5.74, 6) is 2.55. The highest BCUT2D eigenvalue weighted by atomic mass is 32.2. The van der Waals surface area contributed by atoms with E-state index in [0.29, 0.717) is 5.78 Å². The number of aryl methyl sites for hydroxylation is 1. The molecule has 0 aliphatic rings. The maximum atomic E-state index is 10.7. The molecule has 2 heteroatoms. The number of carbonyl (C=O) groups excluding carboxylic acids is 1. The van der Waals surface area contributed by atoms with Gasteiger partial charge in [0.25, 0.3) is 0 Å². The largest absolute Gasteiger partial charge is 0.300 e. The van der Waals surface area contributed by atoms with Crippen LogP contribution >= 0.6 is 11.8 Å². The SMILES string of the molecule is CC(=O)CCCCSCc1ccccc1C. The van der Waals surface area contributed by atoms with Crippen LogP contribution in [0.3, 0.4) is 0 Å². The van der Waals surface area contributed by atoms with Crippen molar-refractivity contribution in [2.24, 2.45) is 0 Å². The second-order valence-electron chi connectivity index (χ2n) is 4.14. The maximum absolute atomic E-state index is 10.7. The van der Waals surface area contributed by atoms with E-state index in [1.165, 1.54) is 11.1 Å². The monoisotopic (exact) mass is 236 g/mol. The van der Waals surface area contributed by atoms with E-state index in [0.717, 1.165) is 30.8 Å². The normalized spacial score (nSPS) is 10.4. The molecule has 88 valence electrons. The van der Waals surface area contributed by atoms with E-state index < -0.39 is 0 Å². The van der Waals surface area contributed by atoms with E-state index in [1.807, 2.05) is 11.8 Å². The number of hydrogen-bond acceptors (Lipinski definition) is 2. The van der Waals surface area contributed by atoms with Crippen molar-refractivity contribution in [3.05, 3.63) is 35.4 Å². The summed E-state index contributed by atoms with van der Waals surface area (Å²) in [7, 11) is 0. The van der Waals surface area contributed by atoms with Gasteiger partial charge in [-0.05, 0) is 43.6 Å². The molecule has 0 aliphatic heterocycles. The molecule has 16 heavy (non-hydrogen) atoms. The minimum Gasteiger partial charge on any atom is -0.300 e. The van der Waals surface area contributed by atoms with Gasteiger partial charge >= 0.3 is 0 Å². The van der Waals surface area contributed by atoms with Crippen LogP contribution in [0.5, 0.6) is 0 Å². The minimum absolute atomic E-state index is 0.309. The average Bonchev–Trinajstić information content (AvgIpc) is 2.25. The van der Waals surface area contributed by atoms with Gasteiger partial charge in [0, 0.05) is 12.2 Å². The van der Waals surface area contributed by atoms with Crippen LogP contribution in [0, 0.1) is 6.92 Å². The van der Waals surface area contributed by atoms with Crippen LogP contribution < -0.4 is 0 Å². The zero-order valence-corrected chi connectivity index (χ0v) is 11.0. The predicted octanol–water partition coefficient (Wildman–Crippen LogP) is 3.99. The summed E-state index contributed by atoms with van der Waals surface area (Å²) < 4.78 is 0. The van der Waals surface area contributed by atoms with E-state index in [9.17, 15) is 4.79 Å². The van der Waals surface area contributed by atoms with Crippen LogP contribution in [-0.2, 0) is 10.5 Å². The van der Waals surface area contributed by atoms with Crippen molar-refractivity contribution in [3.63, 3.8) is 0 Å². The molecule has 0 heterocycles. The Bertz CT molecular complexity index is 333. The lowest BCUT2D eigenvalue weighted by Gasteiger charge is -2.04. The van der Waals surface area contributed by atoms with Crippen LogP contribution in [0.2, 0.25) is 0 Å². The standard InChI is InChI=1S/C14H20OS/c1-12-7-3-4-9-14(12)11-16-10-6-5-8-13(2)15/h3-4,7,9H,5-6,8,10-11H2,1-2H3. The number of carbonyl (C=O) groups is 1. The van der Waals surface area contributed by atoms with E-state index in [-0.39, 0.29) is 0 Å². The van der Waals surface area contributed by atoms with Crippen LogP contribution in [0.25, 0.3) is 0 Å². The molecular formula is C14H20OS. The third-order valence-corrected chi connectivity index (χ3v) is 3.68. The fourth-order valence-corrected chi connectivity index (χ4v) is 2.63. The fourth-order valence-electron chi connectivity index (χ4n) is 1.53. The lowest BCUT2D eigenvalue weighted by Crippen LogP contribution is -1.91. The molecule has 0 N–H and O–H groups in total. The van der Waals surface area contributed by atoms with Crippen molar-refractivity contribution >= 4 is 17.5 Å². The lowest BCUT2D eigenvalue weighted by molar-refractivity contribution is -0.117. The first-order chi connectivity index (χ1) is 7.70. The highest BCUT2D eigenvalue weighted by Crippen LogP contribution is 2.17. The first-order valence-electron chi connectivity index (χ1n) is 5.82. The molecule has 0 aliphatic carbocycles. The Morgan fingerprint density at radius 3 is 2.69 bits per heavy atom. The van der Waals surface area contributed by atoms with Crippen LogP contribution in [-0.4, -0.2) is 11.5 Å². The molecule has 0 atom stereocenters. The molecule has 0 amide bonds. The van der Waals surface area contributed by atoms with E-state index in [2.05, 4.69) is 31.2 Å². The molecule has 1 aromatic carbocycles. The molecule has 0 fully saturated rings. The molecule has 1 aromatic rings. The number of benzene rings is 1. The summed E-state index contributed by atoms with van der Waals surface area (Å²) in [5.41, 5.74) is 2.80. The second-order valence-corrected chi connectivity index (χ2v) is 5.24. The van der Waals surface area contributed by atoms with Crippen LogP contribution in [0.1, 0.15) is 37.3 Å². The van der Waals surface area contributed by atoms with Gasteiger partial charge in [0.2, 0.25) is 0 Å². The van der Waals surface area contributed by atoms with Gasteiger partial charge in [-0.25, -0.2) is 0 Å². The summed E-state index contributed by atoms with van der Waals surface area (Å²) in [6, 6.07) is 8.53. The number of rotatable bonds is 7. The lowest BCUT2D eigenvalue weighted by atomic mass is 10.1. The third-order valence-electron chi connectivity index (χ3n) is 2.59. The summed E-state index contributed by atoms with van der Waals surface area (Å²) in [4.78, 5) is 10.7. The van der Waals surface area contributed by atoms with Gasteiger partial charge in [0.15, 0.2) is 0 Å². The fraction of sp³-hybridized carbons (Fsp3) is 0.500. The van der Waals surface area contributed by atoms with Crippen molar-refractivity contribution in [1.82, 2.24) is 0 Å². The van der Waals surface area contributed by atoms with Gasteiger partial charge in [-0.15, -0.1) is 0 Å². The van der Waals surface area contributed by atoms with Gasteiger partial charge in [0.05, 0.1) is 0 Å². The smallest absolute Gasteiger partial charge is 0.129 e. The van der Waals surface area contributed by atoms with Crippen molar-refractivity contribution < 1.29 is 4.79 Å². The molecule has 0 aromatic heterocycles. The first-order valence-corrected chi connectivity index (χ1v) is 6.97. The van der Waals surface area contributed by atoms with Crippen LogP contribution in [0.4, 0.5) is 0 Å². The van der Waals surface area contributed by atoms with E-state index in [4.69, 9.17) is 0 Å². The van der Waals surface area contributed by atoms with Gasteiger partial charge < -0.3 is 4.79 Å². The van der Waals surface area contributed by atoms with Crippen molar-refractivity contribution in [2.45, 2.75) is 38.9 Å². The Labute approximate surface area is 103 Å². The molecule has 0 spiro atoms. The molecule has 1 rings (SSSR count). The van der Waals surface area contributed by atoms with Crippen molar-refractivity contribution in [3.8, 4) is 0 Å². The number of unbranched alkanes of at least 4 members (excludes halogenated alkanes) is 1. The highest BCUT2D eigenvalue weighted by Gasteiger charge is 1.98. The third kappa shape index (κ3) is 5.36. The molecule has 0 saturated heterocycles. The first kappa shape index (κ1) is 13.3. The Hall–Kier alpha value is -0.760. The molecule has 0 bridgehead atoms. The predicted molar refractivity (Wildman–Crippen MR) is 71.9 cm³/mol. The Kier molecular flexibility index (Phi) is 6.24. The topological polar surface area (TPSA) is 17.1 Å². The molecule has 0 radical (unpaired) electrons. The molecular weight excluding hydrogens is 216 g/mol. The quantitative estimate of drug-likeness (QED) is 0.666. The Morgan fingerprint density at radius 1 is 1.25 bits per heavy atom. The summed E-state index contributed by atoms with van der Waals surface area (Å²) >= 11 is 1.96. The van der Waals surface area contributed by atoms with E-state index in [1.54, 1.807) is 6.92 Å². The zero-order chi connectivity index (χ0) is 11.8. The Balaban J connectivity index is 2.12. The van der Waals surface area contributed by atoms with Gasteiger partial charge in [-0.3, -0.25) is 0 Å². The van der Waals surface area contributed by atoms with Gasteiger partial charge in [-0.1, -0.05) is 24.3 Å². The molecule has 0 unspecified atom stereocenters. The Morgan fingerprint density at radius 2 is 2.00 bits per heavy atom. The number of Topliss-reactive ketones (excluding diaryl/α,β-unsaturated/α-hetero) is 1. The number of hydrogen-bond donors (Lipinski definition) is 0. The highest BCUT2D eigenvalue weighted by molar-refractivity contribution is 7.98. The zero-order valence-electron chi connectivity index (χ0n) is 10.2. The van der Waals surface area contributed by atoms with Crippen LogP contribution in [0.15, 0.2) is 24.3 Å². The van der Waals surface area contributed by atoms with E-state index >= 15 is 0 Å². The molecule has 1 nitrogen and oxygen atoms in total. The summed E-state index contributed by atoms with van der Waals surface area (Å²) in [6.45, 7) is 3.83. The number of ketones is 1. The van der Waals surface area contributed by atoms with Crippen molar-refractivity contribution in [1.29, 1.82) is 0 Å². The number of thioether (sulfide) groups is 1. The summed E-state index contributed by atoms with van der Waals surface area (Å²) in [5, 5.41) is 0. The molecule has 0 saturated carbocycles. The second kappa shape index (κ2) is 7.50. The summed E-state index contributed by atoms with van der Waals surface area (Å²) in [6.07, 6.45) is 2.93. The maximum Gasteiger partial charge on any atom is 0.129 e. The minimum atomic E-state index is 0.309. The van der Waals surface area contributed by atoms with Gasteiger partial charge in [-0.2, -0.15) is 11.8 Å². The average molecular weight is 236 g/mol. The van der Waals surface area contributed by atoms with Gasteiger partial charge in [0.1, 0.15) is 5.78 Å².